The summed E-state index contributed by atoms with van der Waals surface area (Å²) in [6.07, 6.45) is 17.3. The van der Waals surface area contributed by atoms with Crippen LogP contribution in [-0.2, 0) is 28.7 Å². The highest BCUT2D eigenvalue weighted by Crippen LogP contribution is 2.19. The molecule has 0 saturated heterocycles. The van der Waals surface area contributed by atoms with Crippen molar-refractivity contribution >= 4 is 23.9 Å². The molecule has 8 heteroatoms. The van der Waals surface area contributed by atoms with Crippen molar-refractivity contribution in [3.8, 4) is 0 Å². The highest BCUT2D eigenvalue weighted by atomic mass is 16.6. The van der Waals surface area contributed by atoms with Gasteiger partial charge in [-0.25, -0.2) is 4.79 Å². The smallest absolute Gasteiger partial charge is 0.336 e. The summed E-state index contributed by atoms with van der Waals surface area (Å²) in [5, 5.41) is 19.6. The van der Waals surface area contributed by atoms with Crippen molar-refractivity contribution in [2.45, 2.75) is 155 Å². The summed E-state index contributed by atoms with van der Waals surface area (Å²) in [7, 11) is 0. The summed E-state index contributed by atoms with van der Waals surface area (Å²) in [5.74, 6) is -3.79. The topological polar surface area (TPSA) is 127 Å². The van der Waals surface area contributed by atoms with Crippen LogP contribution in [0.25, 0.3) is 0 Å². The molecule has 0 amide bonds. The maximum Gasteiger partial charge on any atom is 0.336 e. The molecule has 0 radical (unpaired) electrons. The Morgan fingerprint density at radius 1 is 0.658 bits per heavy atom. The summed E-state index contributed by atoms with van der Waals surface area (Å²) >= 11 is 0. The largest absolute Gasteiger partial charge is 0.479 e. The van der Waals surface area contributed by atoms with Gasteiger partial charge in [-0.2, -0.15) is 0 Å². The lowest BCUT2D eigenvalue weighted by Gasteiger charge is -2.21. The van der Waals surface area contributed by atoms with Gasteiger partial charge in [-0.05, 0) is 18.8 Å². The quantitative estimate of drug-likeness (QED) is 0.0725. The summed E-state index contributed by atoms with van der Waals surface area (Å²) in [4.78, 5) is 47.0. The molecule has 0 aliphatic rings. The standard InChI is InChI=1S/C30H54O8/c1-4-5-17-21-26(31)38-28(33)24-30(36,29(34)35)23-27(32)37-22-19-16-14-12-10-8-6-7-9-11-13-15-18-20-25(2)3/h25,36H,4-24H2,1-3H3,(H,34,35). The van der Waals surface area contributed by atoms with E-state index in [1.165, 1.54) is 64.2 Å². The van der Waals surface area contributed by atoms with E-state index >= 15 is 0 Å². The Morgan fingerprint density at radius 3 is 1.61 bits per heavy atom. The number of carbonyl (C=O) groups is 4. The Bertz CT molecular complexity index is 661. The molecule has 0 aliphatic carbocycles. The van der Waals surface area contributed by atoms with Crippen LogP contribution in [0.2, 0.25) is 0 Å². The fraction of sp³-hybridized carbons (Fsp3) is 0.867. The molecule has 0 saturated carbocycles. The van der Waals surface area contributed by atoms with E-state index in [-0.39, 0.29) is 13.0 Å². The van der Waals surface area contributed by atoms with Gasteiger partial charge in [0.2, 0.25) is 0 Å². The number of carboxylic acids is 1. The molecule has 2 N–H and O–H groups in total. The predicted octanol–water partition coefficient (Wildman–Crippen LogP) is 6.89. The monoisotopic (exact) mass is 542 g/mol. The number of aliphatic hydroxyl groups is 1. The zero-order valence-electron chi connectivity index (χ0n) is 24.3. The van der Waals surface area contributed by atoms with E-state index in [1.807, 2.05) is 6.92 Å². The number of unbranched alkanes of at least 4 members (excludes halogenated alkanes) is 14. The van der Waals surface area contributed by atoms with Gasteiger partial charge in [0.05, 0.1) is 19.4 Å². The van der Waals surface area contributed by atoms with Gasteiger partial charge in [0, 0.05) is 6.42 Å². The maximum absolute atomic E-state index is 12.0. The third-order valence-corrected chi connectivity index (χ3v) is 6.67. The van der Waals surface area contributed by atoms with Gasteiger partial charge < -0.3 is 19.7 Å². The van der Waals surface area contributed by atoms with Crippen LogP contribution in [-0.4, -0.2) is 46.3 Å². The van der Waals surface area contributed by atoms with Crippen LogP contribution in [0.4, 0.5) is 0 Å². The molecule has 0 bridgehead atoms. The van der Waals surface area contributed by atoms with Gasteiger partial charge >= 0.3 is 23.9 Å². The van der Waals surface area contributed by atoms with Crippen LogP contribution in [0.1, 0.15) is 149 Å². The average Bonchev–Trinajstić information content (AvgIpc) is 2.83. The first-order valence-corrected chi connectivity index (χ1v) is 15.0. The Labute approximate surface area is 230 Å². The summed E-state index contributed by atoms with van der Waals surface area (Å²) in [6.45, 7) is 6.66. The summed E-state index contributed by atoms with van der Waals surface area (Å²) in [6, 6.07) is 0. The highest BCUT2D eigenvalue weighted by Gasteiger charge is 2.42. The van der Waals surface area contributed by atoms with Gasteiger partial charge in [-0.1, -0.05) is 117 Å². The van der Waals surface area contributed by atoms with E-state index in [1.54, 1.807) is 0 Å². The molecule has 38 heavy (non-hydrogen) atoms. The van der Waals surface area contributed by atoms with Crippen molar-refractivity contribution in [2.24, 2.45) is 5.92 Å². The highest BCUT2D eigenvalue weighted by molar-refractivity contribution is 5.92. The van der Waals surface area contributed by atoms with Gasteiger partial charge in [0.15, 0.2) is 5.60 Å². The second kappa shape index (κ2) is 23.0. The summed E-state index contributed by atoms with van der Waals surface area (Å²) < 4.78 is 9.62. The van der Waals surface area contributed by atoms with Crippen LogP contribution in [0.15, 0.2) is 0 Å². The SMILES string of the molecule is CCCCCC(=O)OC(=O)CC(O)(CC(=O)OCCCCCCCCCCCCCCCC(C)C)C(=O)O. The van der Waals surface area contributed by atoms with E-state index in [2.05, 4.69) is 18.6 Å². The lowest BCUT2D eigenvalue weighted by Crippen LogP contribution is -2.43. The van der Waals surface area contributed by atoms with Crippen LogP contribution < -0.4 is 0 Å². The molecule has 222 valence electrons. The van der Waals surface area contributed by atoms with Crippen LogP contribution >= 0.6 is 0 Å². The third kappa shape index (κ3) is 21.0. The minimum Gasteiger partial charge on any atom is -0.479 e. The molecule has 0 rings (SSSR count). The third-order valence-electron chi connectivity index (χ3n) is 6.67. The number of hydrogen-bond donors (Lipinski definition) is 2. The molecule has 8 nitrogen and oxygen atoms in total. The number of carboxylic acid groups (broad SMARTS) is 1. The molecule has 0 aromatic carbocycles. The minimum atomic E-state index is -2.67. The van der Waals surface area contributed by atoms with Crippen LogP contribution in [0.3, 0.4) is 0 Å². The molecule has 0 heterocycles. The molecule has 1 atom stereocenters. The lowest BCUT2D eigenvalue weighted by molar-refractivity contribution is -0.175. The molecule has 1 unspecified atom stereocenters. The van der Waals surface area contributed by atoms with Crippen molar-refractivity contribution in [1.29, 1.82) is 0 Å². The van der Waals surface area contributed by atoms with Gasteiger partial charge in [0.25, 0.3) is 0 Å². The maximum atomic E-state index is 12.0. The number of aliphatic carboxylic acids is 1. The Balaban J connectivity index is 3.85. The Morgan fingerprint density at radius 2 is 1.13 bits per heavy atom. The van der Waals surface area contributed by atoms with Crippen LogP contribution in [0.5, 0.6) is 0 Å². The first-order chi connectivity index (χ1) is 18.1. The number of esters is 3. The second-order valence-electron chi connectivity index (χ2n) is 11.0. The van der Waals surface area contributed by atoms with Crippen molar-refractivity contribution < 1.29 is 38.9 Å². The number of rotatable bonds is 25. The number of carbonyl (C=O) groups excluding carboxylic acids is 3. The Hall–Kier alpha value is -1.96. The normalized spacial score (nSPS) is 12.8. The van der Waals surface area contributed by atoms with Gasteiger partial charge in [0.1, 0.15) is 0 Å². The number of hydrogen-bond acceptors (Lipinski definition) is 7. The molecular formula is C30H54O8. The van der Waals surface area contributed by atoms with Gasteiger partial charge in [-0.15, -0.1) is 0 Å². The Kier molecular flexibility index (Phi) is 21.8. The first kappa shape index (κ1) is 36.0. The zero-order valence-corrected chi connectivity index (χ0v) is 24.3. The van der Waals surface area contributed by atoms with Crippen molar-refractivity contribution in [3.63, 3.8) is 0 Å². The molecule has 0 aromatic rings. The molecule has 0 aliphatic heterocycles. The summed E-state index contributed by atoms with van der Waals surface area (Å²) in [5.41, 5.74) is -2.67. The minimum absolute atomic E-state index is 0.0336. The predicted molar refractivity (Wildman–Crippen MR) is 147 cm³/mol. The van der Waals surface area contributed by atoms with E-state index in [0.717, 1.165) is 38.0 Å². The van der Waals surface area contributed by atoms with Crippen molar-refractivity contribution in [1.82, 2.24) is 0 Å². The van der Waals surface area contributed by atoms with Crippen molar-refractivity contribution in [3.05, 3.63) is 0 Å². The molecular weight excluding hydrogens is 488 g/mol. The second-order valence-corrected chi connectivity index (χ2v) is 11.0. The average molecular weight is 543 g/mol. The molecule has 0 aromatic heterocycles. The first-order valence-electron chi connectivity index (χ1n) is 15.0. The van der Waals surface area contributed by atoms with E-state index in [0.29, 0.717) is 12.8 Å². The zero-order chi connectivity index (χ0) is 28.7. The van der Waals surface area contributed by atoms with Crippen molar-refractivity contribution in [2.75, 3.05) is 6.61 Å². The van der Waals surface area contributed by atoms with E-state index in [4.69, 9.17) is 4.74 Å². The molecule has 0 spiro atoms. The van der Waals surface area contributed by atoms with Gasteiger partial charge in [-0.3, -0.25) is 14.4 Å². The fourth-order valence-corrected chi connectivity index (χ4v) is 4.26. The molecule has 0 fully saturated rings. The number of ether oxygens (including phenoxy) is 2. The van der Waals surface area contributed by atoms with Crippen LogP contribution in [0, 0.1) is 5.92 Å². The van der Waals surface area contributed by atoms with E-state index < -0.39 is 42.3 Å². The fourth-order valence-electron chi connectivity index (χ4n) is 4.26. The van der Waals surface area contributed by atoms with E-state index in [9.17, 15) is 29.4 Å². The lowest BCUT2D eigenvalue weighted by atomic mass is 9.96.